The Morgan fingerprint density at radius 1 is 1.21 bits per heavy atom. The Labute approximate surface area is 110 Å². The molecule has 0 amide bonds. The first-order valence-electron chi connectivity index (χ1n) is 5.84. The smallest absolute Gasteiger partial charge is 0.154 e. The fourth-order valence-electron chi connectivity index (χ4n) is 1.79. The minimum absolute atomic E-state index is 0.214. The molecule has 92 valence electrons. The predicted molar refractivity (Wildman–Crippen MR) is 71.8 cm³/mol. The Bertz CT molecular complexity index is 809. The van der Waals surface area contributed by atoms with Crippen LogP contribution in [0.4, 0.5) is 0 Å². The number of benzene rings is 1. The molecule has 0 saturated carbocycles. The third kappa shape index (κ3) is 2.14. The number of hydrogen-bond donors (Lipinski definition) is 1. The van der Waals surface area contributed by atoms with E-state index in [9.17, 15) is 5.11 Å². The van der Waals surface area contributed by atoms with Gasteiger partial charge in [-0.2, -0.15) is 5.10 Å². The van der Waals surface area contributed by atoms with E-state index in [2.05, 4.69) is 21.9 Å². The van der Waals surface area contributed by atoms with Crippen molar-refractivity contribution in [3.63, 3.8) is 0 Å². The summed E-state index contributed by atoms with van der Waals surface area (Å²) in [5.74, 6) is 6.28. The number of hydrogen-bond acceptors (Lipinski definition) is 3. The number of aryl methyl sites for hydroxylation is 1. The van der Waals surface area contributed by atoms with E-state index < -0.39 is 0 Å². The lowest BCUT2D eigenvalue weighted by atomic mass is 10.1. The van der Waals surface area contributed by atoms with Gasteiger partial charge in [0.15, 0.2) is 5.65 Å². The minimum atomic E-state index is 0.214. The summed E-state index contributed by atoms with van der Waals surface area (Å²) < 4.78 is 1.69. The molecule has 0 spiro atoms. The van der Waals surface area contributed by atoms with E-state index in [4.69, 9.17) is 0 Å². The van der Waals surface area contributed by atoms with Crippen LogP contribution in [0.2, 0.25) is 0 Å². The average molecular weight is 249 g/mol. The van der Waals surface area contributed by atoms with Gasteiger partial charge in [-0.25, -0.2) is 9.50 Å². The molecule has 0 aliphatic carbocycles. The SMILES string of the molecule is Cc1ccc(O)cc1C#Cc1cnc2cccnn12. The Hall–Kier alpha value is -2.80. The highest BCUT2D eigenvalue weighted by atomic mass is 16.3. The zero-order valence-electron chi connectivity index (χ0n) is 10.3. The van der Waals surface area contributed by atoms with Crippen LogP contribution in [-0.4, -0.2) is 19.7 Å². The van der Waals surface area contributed by atoms with Crippen LogP contribution in [0, 0.1) is 18.8 Å². The molecule has 2 heterocycles. The van der Waals surface area contributed by atoms with E-state index >= 15 is 0 Å². The molecule has 3 aromatic rings. The summed E-state index contributed by atoms with van der Waals surface area (Å²) in [5, 5.41) is 13.7. The molecule has 0 fully saturated rings. The van der Waals surface area contributed by atoms with Crippen molar-refractivity contribution in [1.29, 1.82) is 0 Å². The molecular weight excluding hydrogens is 238 g/mol. The third-order valence-corrected chi connectivity index (χ3v) is 2.82. The number of imidazole rings is 1. The van der Waals surface area contributed by atoms with Gasteiger partial charge in [0, 0.05) is 11.8 Å². The first-order valence-corrected chi connectivity index (χ1v) is 5.84. The molecule has 0 radical (unpaired) electrons. The van der Waals surface area contributed by atoms with E-state index in [1.165, 1.54) is 0 Å². The summed E-state index contributed by atoms with van der Waals surface area (Å²) in [6, 6.07) is 8.85. The maximum atomic E-state index is 9.47. The highest BCUT2D eigenvalue weighted by Gasteiger charge is 2.00. The summed E-state index contributed by atoms with van der Waals surface area (Å²) in [6.07, 6.45) is 3.38. The Balaban J connectivity index is 2.06. The average Bonchev–Trinajstić information content (AvgIpc) is 2.83. The van der Waals surface area contributed by atoms with Crippen molar-refractivity contribution in [2.24, 2.45) is 0 Å². The van der Waals surface area contributed by atoms with Crippen LogP contribution in [0.1, 0.15) is 16.8 Å². The Morgan fingerprint density at radius 2 is 2.11 bits per heavy atom. The van der Waals surface area contributed by atoms with Crippen LogP contribution in [0.3, 0.4) is 0 Å². The van der Waals surface area contributed by atoms with Gasteiger partial charge in [0.1, 0.15) is 11.4 Å². The predicted octanol–water partition coefficient (Wildman–Crippen LogP) is 2.14. The number of fused-ring (bicyclic) bond motifs is 1. The van der Waals surface area contributed by atoms with Gasteiger partial charge in [-0.1, -0.05) is 12.0 Å². The quantitative estimate of drug-likeness (QED) is 0.621. The largest absolute Gasteiger partial charge is 0.508 e. The molecular formula is C15H11N3O. The molecule has 1 aromatic carbocycles. The second-order valence-corrected chi connectivity index (χ2v) is 4.19. The second-order valence-electron chi connectivity index (χ2n) is 4.19. The third-order valence-electron chi connectivity index (χ3n) is 2.82. The van der Waals surface area contributed by atoms with Crippen LogP contribution in [0.25, 0.3) is 5.65 Å². The molecule has 0 aliphatic heterocycles. The van der Waals surface area contributed by atoms with Crippen LogP contribution in [0.5, 0.6) is 5.75 Å². The van der Waals surface area contributed by atoms with Gasteiger partial charge >= 0.3 is 0 Å². The Kier molecular flexibility index (Phi) is 2.66. The summed E-state index contributed by atoms with van der Waals surface area (Å²) in [4.78, 5) is 4.22. The molecule has 4 heteroatoms. The molecule has 0 aliphatic rings. The standard InChI is InChI=1S/C15H11N3O/c1-11-4-7-14(19)9-12(11)5-6-13-10-16-15-3-2-8-17-18(13)15/h2-4,7-10,19H,1H3. The van der Waals surface area contributed by atoms with Crippen molar-refractivity contribution in [2.45, 2.75) is 6.92 Å². The highest BCUT2D eigenvalue weighted by Crippen LogP contribution is 2.14. The number of rotatable bonds is 0. The molecule has 19 heavy (non-hydrogen) atoms. The molecule has 4 nitrogen and oxygen atoms in total. The normalized spacial score (nSPS) is 10.2. The lowest BCUT2D eigenvalue weighted by molar-refractivity contribution is 0.475. The van der Waals surface area contributed by atoms with Crippen molar-refractivity contribution in [1.82, 2.24) is 14.6 Å². The van der Waals surface area contributed by atoms with Gasteiger partial charge < -0.3 is 5.11 Å². The van der Waals surface area contributed by atoms with Crippen molar-refractivity contribution < 1.29 is 5.11 Å². The summed E-state index contributed by atoms with van der Waals surface area (Å²) in [5.41, 5.74) is 3.30. The molecule has 0 saturated heterocycles. The van der Waals surface area contributed by atoms with E-state index in [1.807, 2.05) is 25.1 Å². The van der Waals surface area contributed by atoms with Crippen molar-refractivity contribution in [2.75, 3.05) is 0 Å². The molecule has 0 unspecified atom stereocenters. The molecule has 2 aromatic heterocycles. The highest BCUT2D eigenvalue weighted by molar-refractivity contribution is 5.49. The first kappa shape index (κ1) is 11.3. The van der Waals surface area contributed by atoms with E-state index in [1.54, 1.807) is 29.0 Å². The van der Waals surface area contributed by atoms with Crippen LogP contribution < -0.4 is 0 Å². The lowest BCUT2D eigenvalue weighted by Crippen LogP contribution is -1.92. The monoisotopic (exact) mass is 249 g/mol. The Morgan fingerprint density at radius 3 is 3.00 bits per heavy atom. The zero-order chi connectivity index (χ0) is 13.2. The number of phenolic OH excluding ortho intramolecular Hbond substituents is 1. The summed E-state index contributed by atoms with van der Waals surface area (Å²) in [7, 11) is 0. The van der Waals surface area contributed by atoms with Gasteiger partial charge in [-0.15, -0.1) is 0 Å². The lowest BCUT2D eigenvalue weighted by Gasteiger charge is -1.98. The van der Waals surface area contributed by atoms with Crippen molar-refractivity contribution in [3.05, 3.63) is 59.5 Å². The number of aromatic nitrogens is 3. The molecule has 3 rings (SSSR count). The number of nitrogens with zero attached hydrogens (tertiary/aromatic N) is 3. The maximum absolute atomic E-state index is 9.47. The van der Waals surface area contributed by atoms with Crippen molar-refractivity contribution >= 4 is 5.65 Å². The fourth-order valence-corrected chi connectivity index (χ4v) is 1.79. The van der Waals surface area contributed by atoms with Crippen LogP contribution >= 0.6 is 0 Å². The van der Waals surface area contributed by atoms with Crippen LogP contribution in [-0.2, 0) is 0 Å². The minimum Gasteiger partial charge on any atom is -0.508 e. The maximum Gasteiger partial charge on any atom is 0.154 e. The van der Waals surface area contributed by atoms with Gasteiger partial charge in [0.2, 0.25) is 0 Å². The molecule has 1 N–H and O–H groups in total. The van der Waals surface area contributed by atoms with Gasteiger partial charge in [-0.05, 0) is 42.7 Å². The van der Waals surface area contributed by atoms with E-state index in [0.29, 0.717) is 0 Å². The topological polar surface area (TPSA) is 50.4 Å². The van der Waals surface area contributed by atoms with Crippen LogP contribution in [0.15, 0.2) is 42.7 Å². The second kappa shape index (κ2) is 4.46. The van der Waals surface area contributed by atoms with E-state index in [0.717, 1.165) is 22.5 Å². The van der Waals surface area contributed by atoms with Gasteiger partial charge in [-0.3, -0.25) is 0 Å². The first-order chi connectivity index (χ1) is 9.24. The van der Waals surface area contributed by atoms with Gasteiger partial charge in [0.05, 0.1) is 6.20 Å². The number of aromatic hydroxyl groups is 1. The van der Waals surface area contributed by atoms with Crippen molar-refractivity contribution in [3.8, 4) is 17.6 Å². The fraction of sp³-hybridized carbons (Fsp3) is 0.0667. The zero-order valence-corrected chi connectivity index (χ0v) is 10.3. The molecule has 0 atom stereocenters. The van der Waals surface area contributed by atoms with E-state index in [-0.39, 0.29) is 5.75 Å². The summed E-state index contributed by atoms with van der Waals surface area (Å²) >= 11 is 0. The number of phenols is 1. The summed E-state index contributed by atoms with van der Waals surface area (Å²) in [6.45, 7) is 1.95. The van der Waals surface area contributed by atoms with Gasteiger partial charge in [0.25, 0.3) is 0 Å². The molecule has 0 bridgehead atoms.